The molecule has 3 N–H and O–H groups in total. The fourth-order valence-corrected chi connectivity index (χ4v) is 3.03. The van der Waals surface area contributed by atoms with Crippen LogP contribution in [0.25, 0.3) is 0 Å². The lowest BCUT2D eigenvalue weighted by Crippen LogP contribution is -2.40. The number of carbonyl (C=O) groups is 1. The van der Waals surface area contributed by atoms with Crippen LogP contribution in [-0.2, 0) is 12.6 Å². The van der Waals surface area contributed by atoms with Crippen LogP contribution >= 0.6 is 0 Å². The third-order valence-electron chi connectivity index (χ3n) is 4.52. The maximum atomic E-state index is 12.3. The first-order chi connectivity index (χ1) is 12.0. The smallest absolute Gasteiger partial charge is 0.319 e. The Labute approximate surface area is 147 Å². The SMILES string of the molecule is Cn1cc([C@](C)(O)CNC(=O)Nc2ccccc2N2CCCC2)cn1. The van der Waals surface area contributed by atoms with Crippen molar-refractivity contribution in [3.8, 4) is 0 Å². The summed E-state index contributed by atoms with van der Waals surface area (Å²) in [6.07, 6.45) is 5.69. The molecule has 134 valence electrons. The van der Waals surface area contributed by atoms with E-state index in [0.29, 0.717) is 5.56 Å². The molecule has 0 unspecified atom stereocenters. The van der Waals surface area contributed by atoms with Crippen molar-refractivity contribution in [3.05, 3.63) is 42.2 Å². The number of nitrogens with zero attached hydrogens (tertiary/aromatic N) is 3. The Morgan fingerprint density at radius 2 is 2.04 bits per heavy atom. The van der Waals surface area contributed by atoms with Gasteiger partial charge in [0.25, 0.3) is 0 Å². The topological polar surface area (TPSA) is 82.4 Å². The van der Waals surface area contributed by atoms with Gasteiger partial charge in [-0.1, -0.05) is 12.1 Å². The third kappa shape index (κ3) is 4.11. The van der Waals surface area contributed by atoms with E-state index in [1.807, 2.05) is 24.3 Å². The van der Waals surface area contributed by atoms with Crippen LogP contribution in [0.4, 0.5) is 16.2 Å². The minimum Gasteiger partial charge on any atom is -0.383 e. The van der Waals surface area contributed by atoms with Crippen molar-refractivity contribution in [2.45, 2.75) is 25.4 Å². The van der Waals surface area contributed by atoms with Gasteiger partial charge in [-0.15, -0.1) is 0 Å². The summed E-state index contributed by atoms with van der Waals surface area (Å²) in [6, 6.07) is 7.46. The molecule has 1 saturated heterocycles. The summed E-state index contributed by atoms with van der Waals surface area (Å²) in [5, 5.41) is 20.2. The summed E-state index contributed by atoms with van der Waals surface area (Å²) >= 11 is 0. The van der Waals surface area contributed by atoms with E-state index in [0.717, 1.165) is 24.5 Å². The zero-order valence-electron chi connectivity index (χ0n) is 14.7. The van der Waals surface area contributed by atoms with E-state index >= 15 is 0 Å². The summed E-state index contributed by atoms with van der Waals surface area (Å²) < 4.78 is 1.62. The molecule has 3 rings (SSSR count). The number of aryl methyl sites for hydroxylation is 1. The van der Waals surface area contributed by atoms with E-state index in [9.17, 15) is 9.90 Å². The van der Waals surface area contributed by atoms with Crippen molar-refractivity contribution in [3.63, 3.8) is 0 Å². The van der Waals surface area contributed by atoms with Gasteiger partial charge in [-0.2, -0.15) is 5.10 Å². The second-order valence-electron chi connectivity index (χ2n) is 6.70. The van der Waals surface area contributed by atoms with E-state index in [-0.39, 0.29) is 12.6 Å². The lowest BCUT2D eigenvalue weighted by atomic mass is 10.00. The van der Waals surface area contributed by atoms with Crippen molar-refractivity contribution in [1.29, 1.82) is 0 Å². The number of hydrogen-bond acceptors (Lipinski definition) is 4. The van der Waals surface area contributed by atoms with Crippen LogP contribution in [0.1, 0.15) is 25.3 Å². The van der Waals surface area contributed by atoms with E-state index in [1.54, 1.807) is 31.0 Å². The van der Waals surface area contributed by atoms with Crippen molar-refractivity contribution in [1.82, 2.24) is 15.1 Å². The molecule has 0 spiro atoms. The van der Waals surface area contributed by atoms with E-state index in [4.69, 9.17) is 0 Å². The van der Waals surface area contributed by atoms with Crippen LogP contribution in [-0.4, -0.2) is 40.6 Å². The lowest BCUT2D eigenvalue weighted by molar-refractivity contribution is 0.0599. The highest BCUT2D eigenvalue weighted by atomic mass is 16.3. The van der Waals surface area contributed by atoms with Gasteiger partial charge < -0.3 is 20.6 Å². The number of anilines is 2. The Bertz CT molecular complexity index is 735. The summed E-state index contributed by atoms with van der Waals surface area (Å²) in [7, 11) is 1.79. The molecule has 2 aromatic rings. The first-order valence-corrected chi connectivity index (χ1v) is 8.56. The van der Waals surface area contributed by atoms with Crippen molar-refractivity contribution in [2.24, 2.45) is 7.05 Å². The summed E-state index contributed by atoms with van der Waals surface area (Å²) in [5.74, 6) is 0. The highest BCUT2D eigenvalue weighted by molar-refractivity contribution is 5.93. The van der Waals surface area contributed by atoms with Gasteiger partial charge in [0, 0.05) is 31.9 Å². The van der Waals surface area contributed by atoms with Gasteiger partial charge in [0.15, 0.2) is 0 Å². The molecule has 0 bridgehead atoms. The molecule has 1 aromatic heterocycles. The highest BCUT2D eigenvalue weighted by Crippen LogP contribution is 2.28. The highest BCUT2D eigenvalue weighted by Gasteiger charge is 2.25. The first-order valence-electron chi connectivity index (χ1n) is 8.56. The first kappa shape index (κ1) is 17.3. The fourth-order valence-electron chi connectivity index (χ4n) is 3.03. The monoisotopic (exact) mass is 343 g/mol. The number of aromatic nitrogens is 2. The molecule has 1 aliphatic rings. The largest absolute Gasteiger partial charge is 0.383 e. The number of aliphatic hydroxyl groups is 1. The summed E-state index contributed by atoms with van der Waals surface area (Å²) in [4.78, 5) is 14.6. The molecule has 1 aliphatic heterocycles. The number of nitrogens with one attached hydrogen (secondary N) is 2. The molecule has 25 heavy (non-hydrogen) atoms. The summed E-state index contributed by atoms with van der Waals surface area (Å²) in [5.41, 5.74) is 1.30. The minimum absolute atomic E-state index is 0.0937. The molecular weight excluding hydrogens is 318 g/mol. The second-order valence-corrected chi connectivity index (χ2v) is 6.70. The standard InChI is InChI=1S/C18H25N5O2/c1-18(25,14-11-20-22(2)12-14)13-19-17(24)21-15-7-3-4-8-16(15)23-9-5-6-10-23/h3-4,7-8,11-12,25H,5-6,9-10,13H2,1-2H3,(H2,19,21,24)/t18-/m1/s1. The normalized spacial score (nSPS) is 16.5. The van der Waals surface area contributed by atoms with Gasteiger partial charge in [0.05, 0.1) is 24.1 Å². The van der Waals surface area contributed by atoms with Crippen molar-refractivity contribution < 1.29 is 9.90 Å². The van der Waals surface area contributed by atoms with Gasteiger partial charge in [-0.3, -0.25) is 4.68 Å². The Hall–Kier alpha value is -2.54. The van der Waals surface area contributed by atoms with Gasteiger partial charge in [-0.25, -0.2) is 4.79 Å². The van der Waals surface area contributed by atoms with Crippen LogP contribution in [0.5, 0.6) is 0 Å². The number of benzene rings is 1. The van der Waals surface area contributed by atoms with E-state index < -0.39 is 5.60 Å². The molecule has 2 amide bonds. The third-order valence-corrected chi connectivity index (χ3v) is 4.52. The second kappa shape index (κ2) is 7.14. The Morgan fingerprint density at radius 1 is 1.32 bits per heavy atom. The summed E-state index contributed by atoms with van der Waals surface area (Å²) in [6.45, 7) is 3.77. The predicted molar refractivity (Wildman–Crippen MR) is 97.7 cm³/mol. The van der Waals surface area contributed by atoms with Crippen LogP contribution in [0.15, 0.2) is 36.7 Å². The predicted octanol–water partition coefficient (Wildman–Crippen LogP) is 2.05. The zero-order valence-corrected chi connectivity index (χ0v) is 14.7. The molecule has 2 heterocycles. The number of hydrogen-bond donors (Lipinski definition) is 3. The van der Waals surface area contributed by atoms with E-state index in [1.165, 1.54) is 12.8 Å². The van der Waals surface area contributed by atoms with Gasteiger partial charge in [0.1, 0.15) is 5.60 Å². The van der Waals surface area contributed by atoms with Gasteiger partial charge >= 0.3 is 6.03 Å². The Kier molecular flexibility index (Phi) is 4.94. The molecule has 0 aliphatic carbocycles. The molecule has 0 radical (unpaired) electrons. The van der Waals surface area contributed by atoms with Crippen molar-refractivity contribution >= 4 is 17.4 Å². The number of rotatable bonds is 5. The number of carbonyl (C=O) groups excluding carboxylic acids is 1. The van der Waals surface area contributed by atoms with Crippen LogP contribution in [0.2, 0.25) is 0 Å². The maximum absolute atomic E-state index is 12.3. The molecule has 1 fully saturated rings. The van der Waals surface area contributed by atoms with Crippen LogP contribution < -0.4 is 15.5 Å². The van der Waals surface area contributed by atoms with Crippen LogP contribution in [0, 0.1) is 0 Å². The van der Waals surface area contributed by atoms with Gasteiger partial charge in [-0.05, 0) is 31.9 Å². The lowest BCUT2D eigenvalue weighted by Gasteiger charge is -2.24. The quantitative estimate of drug-likeness (QED) is 0.776. The molecule has 7 nitrogen and oxygen atoms in total. The molecule has 1 atom stereocenters. The van der Waals surface area contributed by atoms with Crippen molar-refractivity contribution in [2.75, 3.05) is 29.9 Å². The Balaban J connectivity index is 1.61. The number of para-hydroxylation sites is 2. The molecule has 0 saturated carbocycles. The van der Waals surface area contributed by atoms with Crippen LogP contribution in [0.3, 0.4) is 0 Å². The number of amides is 2. The molecule has 7 heteroatoms. The minimum atomic E-state index is -1.18. The average Bonchev–Trinajstić information content (AvgIpc) is 3.25. The fraction of sp³-hybridized carbons (Fsp3) is 0.444. The van der Waals surface area contributed by atoms with E-state index in [2.05, 4.69) is 20.6 Å². The molecular formula is C18H25N5O2. The zero-order chi connectivity index (χ0) is 17.9. The van der Waals surface area contributed by atoms with Gasteiger partial charge in [0.2, 0.25) is 0 Å². The molecule has 1 aromatic carbocycles. The Morgan fingerprint density at radius 3 is 2.72 bits per heavy atom. The maximum Gasteiger partial charge on any atom is 0.319 e. The number of urea groups is 1. The average molecular weight is 343 g/mol.